The molecule has 0 aliphatic carbocycles. The molecule has 1 atom stereocenters. The number of guanidine groups is 1. The molecule has 2 N–H and O–H groups in total. The van der Waals surface area contributed by atoms with E-state index in [0.717, 1.165) is 37.6 Å². The van der Waals surface area contributed by atoms with Gasteiger partial charge >= 0.3 is 0 Å². The molecule has 6 heteroatoms. The summed E-state index contributed by atoms with van der Waals surface area (Å²) in [5.41, 5.74) is 3.66. The van der Waals surface area contributed by atoms with Crippen molar-refractivity contribution in [2.24, 2.45) is 4.99 Å². The van der Waals surface area contributed by atoms with Crippen LogP contribution < -0.4 is 15.5 Å². The lowest BCUT2D eigenvalue weighted by Crippen LogP contribution is -2.39. The Morgan fingerprint density at radius 1 is 1.14 bits per heavy atom. The van der Waals surface area contributed by atoms with Gasteiger partial charge in [-0.2, -0.15) is 0 Å². The largest absolute Gasteiger partial charge is 0.372 e. The summed E-state index contributed by atoms with van der Waals surface area (Å²) in [4.78, 5) is 6.77. The summed E-state index contributed by atoms with van der Waals surface area (Å²) in [6.07, 6.45) is 3.38. The minimum absolute atomic E-state index is 0. The van der Waals surface area contributed by atoms with Crippen LogP contribution in [0.2, 0.25) is 0 Å². The number of nitrogens with zero attached hydrogens (tertiary/aromatic N) is 2. The van der Waals surface area contributed by atoms with Gasteiger partial charge in [0.15, 0.2) is 5.96 Å². The molecule has 2 aromatic rings. The third kappa shape index (κ3) is 6.36. The predicted octanol–water partition coefficient (Wildman–Crippen LogP) is 4.51. The molecule has 4 nitrogen and oxygen atoms in total. The minimum Gasteiger partial charge on any atom is -0.372 e. The van der Waals surface area contributed by atoms with E-state index in [1.165, 1.54) is 36.2 Å². The van der Waals surface area contributed by atoms with Crippen molar-refractivity contribution in [3.05, 3.63) is 65.5 Å². The zero-order chi connectivity index (χ0) is 19.1. The summed E-state index contributed by atoms with van der Waals surface area (Å²) in [5.74, 6) is 0.574. The molecule has 3 rings (SSSR count). The number of hydrogen-bond donors (Lipinski definition) is 2. The summed E-state index contributed by atoms with van der Waals surface area (Å²) in [5, 5.41) is 6.79. The first kappa shape index (κ1) is 22.5. The van der Waals surface area contributed by atoms with Crippen LogP contribution in [-0.2, 0) is 6.42 Å². The van der Waals surface area contributed by atoms with Crippen LogP contribution >= 0.6 is 24.0 Å². The number of anilines is 1. The molecule has 1 saturated heterocycles. The van der Waals surface area contributed by atoms with Gasteiger partial charge in [0.2, 0.25) is 0 Å². The Labute approximate surface area is 184 Å². The normalized spacial score (nSPS) is 15.1. The van der Waals surface area contributed by atoms with Gasteiger partial charge in [0, 0.05) is 32.4 Å². The average molecular weight is 496 g/mol. The van der Waals surface area contributed by atoms with Crippen LogP contribution in [0.5, 0.6) is 0 Å². The summed E-state index contributed by atoms with van der Waals surface area (Å²) in [6, 6.07) is 15.5. The topological polar surface area (TPSA) is 39.7 Å². The molecule has 152 valence electrons. The number of aliphatic imine (C=N–C) groups is 1. The molecule has 28 heavy (non-hydrogen) atoms. The lowest BCUT2D eigenvalue weighted by Gasteiger charge is -2.22. The lowest BCUT2D eigenvalue weighted by molar-refractivity contribution is 0.626. The van der Waals surface area contributed by atoms with Gasteiger partial charge in [0.25, 0.3) is 0 Å². The molecule has 1 heterocycles. The van der Waals surface area contributed by atoms with Gasteiger partial charge in [-0.05, 0) is 61.6 Å². The zero-order valence-corrected chi connectivity index (χ0v) is 18.9. The SMILES string of the molecule is CN=C(NCCc1ccc(F)cc1)NC(C)c1cccc(N2CCCC2)c1.I. The minimum atomic E-state index is -0.200. The molecule has 1 aliphatic rings. The Kier molecular flexibility index (Phi) is 9.02. The van der Waals surface area contributed by atoms with E-state index in [1.807, 2.05) is 12.1 Å². The molecular formula is C22H30FIN4. The summed E-state index contributed by atoms with van der Waals surface area (Å²) in [7, 11) is 1.78. The van der Waals surface area contributed by atoms with Crippen LogP contribution in [0.15, 0.2) is 53.5 Å². The maximum Gasteiger partial charge on any atom is 0.191 e. The van der Waals surface area contributed by atoms with Gasteiger partial charge < -0.3 is 15.5 Å². The average Bonchev–Trinajstić information content (AvgIpc) is 3.23. The van der Waals surface area contributed by atoms with E-state index in [1.54, 1.807) is 7.05 Å². The number of hydrogen-bond acceptors (Lipinski definition) is 2. The second-order valence-electron chi connectivity index (χ2n) is 7.03. The molecule has 0 radical (unpaired) electrons. The highest BCUT2D eigenvalue weighted by Gasteiger charge is 2.14. The number of rotatable bonds is 6. The number of benzene rings is 2. The van der Waals surface area contributed by atoms with Crippen LogP contribution in [0, 0.1) is 5.82 Å². The highest BCUT2D eigenvalue weighted by atomic mass is 127. The predicted molar refractivity (Wildman–Crippen MR) is 126 cm³/mol. The Bertz CT molecular complexity index is 757. The molecule has 0 saturated carbocycles. The van der Waals surface area contributed by atoms with E-state index < -0.39 is 0 Å². The van der Waals surface area contributed by atoms with Crippen molar-refractivity contribution >= 4 is 35.6 Å². The fourth-order valence-electron chi connectivity index (χ4n) is 3.43. The molecule has 2 aromatic carbocycles. The third-order valence-electron chi connectivity index (χ3n) is 5.04. The van der Waals surface area contributed by atoms with E-state index in [-0.39, 0.29) is 35.8 Å². The maximum absolute atomic E-state index is 13.0. The van der Waals surface area contributed by atoms with Crippen molar-refractivity contribution < 1.29 is 4.39 Å². The van der Waals surface area contributed by atoms with Gasteiger partial charge in [-0.1, -0.05) is 24.3 Å². The van der Waals surface area contributed by atoms with Gasteiger partial charge in [0.1, 0.15) is 5.82 Å². The van der Waals surface area contributed by atoms with Crippen LogP contribution in [-0.4, -0.2) is 32.6 Å². The first-order chi connectivity index (χ1) is 13.2. The second-order valence-corrected chi connectivity index (χ2v) is 7.03. The summed E-state index contributed by atoms with van der Waals surface area (Å²) >= 11 is 0. The van der Waals surface area contributed by atoms with E-state index >= 15 is 0 Å². The van der Waals surface area contributed by atoms with Crippen molar-refractivity contribution in [3.8, 4) is 0 Å². The zero-order valence-electron chi connectivity index (χ0n) is 16.6. The Balaban J connectivity index is 0.00000280. The molecule has 0 amide bonds. The van der Waals surface area contributed by atoms with E-state index in [2.05, 4.69) is 51.7 Å². The monoisotopic (exact) mass is 496 g/mol. The smallest absolute Gasteiger partial charge is 0.191 e. The molecule has 1 aliphatic heterocycles. The highest BCUT2D eigenvalue weighted by molar-refractivity contribution is 14.0. The van der Waals surface area contributed by atoms with Gasteiger partial charge in [0.05, 0.1) is 6.04 Å². The van der Waals surface area contributed by atoms with Gasteiger partial charge in [-0.25, -0.2) is 4.39 Å². The van der Waals surface area contributed by atoms with Crippen LogP contribution in [0.4, 0.5) is 10.1 Å². The standard InChI is InChI=1S/C22H29FN4.HI/c1-17(19-6-5-7-21(16-19)27-14-3-4-15-27)26-22(24-2)25-13-12-18-8-10-20(23)11-9-18;/h5-11,16-17H,3-4,12-15H2,1-2H3,(H2,24,25,26);1H. The van der Waals surface area contributed by atoms with Crippen molar-refractivity contribution in [1.29, 1.82) is 0 Å². The Hall–Kier alpha value is -1.83. The first-order valence-corrected chi connectivity index (χ1v) is 9.72. The molecular weight excluding hydrogens is 466 g/mol. The summed E-state index contributed by atoms with van der Waals surface area (Å²) < 4.78 is 13.0. The molecule has 0 aromatic heterocycles. The van der Waals surface area contributed by atoms with Crippen LogP contribution in [0.3, 0.4) is 0 Å². The van der Waals surface area contributed by atoms with Crippen molar-refractivity contribution in [3.63, 3.8) is 0 Å². The number of nitrogens with one attached hydrogen (secondary N) is 2. The third-order valence-corrected chi connectivity index (χ3v) is 5.04. The van der Waals surface area contributed by atoms with Crippen LogP contribution in [0.25, 0.3) is 0 Å². The maximum atomic E-state index is 13.0. The fraction of sp³-hybridized carbons (Fsp3) is 0.409. The van der Waals surface area contributed by atoms with Crippen LogP contribution in [0.1, 0.15) is 36.9 Å². The first-order valence-electron chi connectivity index (χ1n) is 9.72. The molecule has 1 unspecified atom stereocenters. The van der Waals surface area contributed by atoms with Crippen molar-refractivity contribution in [2.45, 2.75) is 32.2 Å². The van der Waals surface area contributed by atoms with Crippen molar-refractivity contribution in [1.82, 2.24) is 10.6 Å². The molecule has 0 spiro atoms. The second kappa shape index (κ2) is 11.2. The summed E-state index contributed by atoms with van der Waals surface area (Å²) in [6.45, 7) is 5.19. The Morgan fingerprint density at radius 3 is 2.54 bits per heavy atom. The Morgan fingerprint density at radius 2 is 1.86 bits per heavy atom. The quantitative estimate of drug-likeness (QED) is 0.351. The van der Waals surface area contributed by atoms with Gasteiger partial charge in [-0.3, -0.25) is 4.99 Å². The fourth-order valence-corrected chi connectivity index (χ4v) is 3.43. The van der Waals surface area contributed by atoms with Crippen molar-refractivity contribution in [2.75, 3.05) is 31.6 Å². The van der Waals surface area contributed by atoms with E-state index in [4.69, 9.17) is 0 Å². The molecule has 1 fully saturated rings. The van der Waals surface area contributed by atoms with Gasteiger partial charge in [-0.15, -0.1) is 24.0 Å². The highest BCUT2D eigenvalue weighted by Crippen LogP contribution is 2.23. The number of halogens is 2. The van der Waals surface area contributed by atoms with E-state index in [9.17, 15) is 4.39 Å². The van der Waals surface area contributed by atoms with E-state index in [0.29, 0.717) is 0 Å². The molecule has 0 bridgehead atoms. The lowest BCUT2D eigenvalue weighted by atomic mass is 10.1.